The van der Waals surface area contributed by atoms with Gasteiger partial charge < -0.3 is 15.4 Å². The zero-order valence-electron chi connectivity index (χ0n) is 9.75. The molecule has 0 saturated carbocycles. The maximum atomic E-state index is 11.5. The number of hydrogen-bond acceptors (Lipinski definition) is 3. The summed E-state index contributed by atoms with van der Waals surface area (Å²) >= 11 is 0. The molecule has 1 heterocycles. The first-order valence-corrected chi connectivity index (χ1v) is 5.90. The monoisotopic (exact) mass is 228 g/mol. The van der Waals surface area contributed by atoms with Gasteiger partial charge in [0.25, 0.3) is 0 Å². The lowest BCUT2D eigenvalue weighted by Gasteiger charge is -2.10. The largest absolute Gasteiger partial charge is 0.368 e. The molecular weight excluding hydrogens is 208 g/mol. The Bertz CT molecular complexity index is 237. The Hall–Kier alpha value is -1.10. The van der Waals surface area contributed by atoms with Crippen LogP contribution in [0.4, 0.5) is 0 Å². The van der Waals surface area contributed by atoms with Crippen molar-refractivity contribution < 1.29 is 14.3 Å². The molecule has 2 amide bonds. The van der Waals surface area contributed by atoms with Gasteiger partial charge in [-0.25, -0.2) is 0 Å². The first kappa shape index (κ1) is 13.0. The van der Waals surface area contributed by atoms with Crippen LogP contribution < -0.4 is 10.6 Å². The minimum Gasteiger partial charge on any atom is -0.368 e. The van der Waals surface area contributed by atoms with E-state index in [1.54, 1.807) is 0 Å². The average molecular weight is 228 g/mol. The van der Waals surface area contributed by atoms with Gasteiger partial charge in [-0.2, -0.15) is 0 Å². The second kappa shape index (κ2) is 7.22. The van der Waals surface area contributed by atoms with Crippen LogP contribution in [0.3, 0.4) is 0 Å². The Morgan fingerprint density at radius 3 is 2.75 bits per heavy atom. The Kier molecular flexibility index (Phi) is 5.85. The van der Waals surface area contributed by atoms with Crippen LogP contribution in [0.2, 0.25) is 0 Å². The quantitative estimate of drug-likeness (QED) is 0.682. The van der Waals surface area contributed by atoms with E-state index in [1.807, 2.05) is 6.92 Å². The molecular formula is C11H20N2O3. The molecule has 5 nitrogen and oxygen atoms in total. The van der Waals surface area contributed by atoms with Crippen molar-refractivity contribution in [2.24, 2.45) is 0 Å². The molecule has 0 spiro atoms. The summed E-state index contributed by atoms with van der Waals surface area (Å²) in [6, 6.07) is 0. The smallest absolute Gasteiger partial charge is 0.249 e. The van der Waals surface area contributed by atoms with Crippen LogP contribution in [0.15, 0.2) is 0 Å². The summed E-state index contributed by atoms with van der Waals surface area (Å²) in [6.07, 6.45) is 2.67. The van der Waals surface area contributed by atoms with Crippen LogP contribution in [0.1, 0.15) is 32.6 Å². The lowest BCUT2D eigenvalue weighted by molar-refractivity contribution is -0.130. The minimum atomic E-state index is -0.307. The van der Waals surface area contributed by atoms with E-state index in [4.69, 9.17) is 4.74 Å². The topological polar surface area (TPSA) is 67.4 Å². The maximum Gasteiger partial charge on any atom is 0.249 e. The highest BCUT2D eigenvalue weighted by atomic mass is 16.5. The highest BCUT2D eigenvalue weighted by Gasteiger charge is 2.22. The highest BCUT2D eigenvalue weighted by molar-refractivity contribution is 5.82. The summed E-state index contributed by atoms with van der Waals surface area (Å²) in [6.45, 7) is 3.74. The predicted molar refractivity (Wildman–Crippen MR) is 59.9 cm³/mol. The Balaban J connectivity index is 2.05. The molecule has 1 saturated heterocycles. The Morgan fingerprint density at radius 2 is 2.12 bits per heavy atom. The molecule has 1 rings (SSSR count). The molecule has 1 fully saturated rings. The number of rotatable bonds is 6. The van der Waals surface area contributed by atoms with Gasteiger partial charge in [-0.1, -0.05) is 6.92 Å². The summed E-state index contributed by atoms with van der Waals surface area (Å²) in [4.78, 5) is 22.7. The van der Waals surface area contributed by atoms with E-state index < -0.39 is 0 Å². The number of ether oxygens (including phenoxy) is 1. The standard InChI is InChI=1S/C11H20N2O3/c1-2-6-12-10(14)5-7-13-11(15)9-4-3-8-16-9/h9H,2-8H2,1H3,(H,12,14)(H,13,15)/t9-/m0/s1. The van der Waals surface area contributed by atoms with Crippen LogP contribution in [-0.4, -0.2) is 37.6 Å². The van der Waals surface area contributed by atoms with Gasteiger partial charge >= 0.3 is 0 Å². The van der Waals surface area contributed by atoms with Crippen molar-refractivity contribution in [1.29, 1.82) is 0 Å². The first-order valence-electron chi connectivity index (χ1n) is 5.90. The van der Waals surface area contributed by atoms with E-state index in [9.17, 15) is 9.59 Å². The molecule has 5 heteroatoms. The molecule has 0 aromatic heterocycles. The van der Waals surface area contributed by atoms with Crippen LogP contribution in [-0.2, 0) is 14.3 Å². The normalized spacial score (nSPS) is 19.4. The van der Waals surface area contributed by atoms with E-state index in [2.05, 4.69) is 10.6 Å². The fourth-order valence-corrected chi connectivity index (χ4v) is 1.55. The van der Waals surface area contributed by atoms with Crippen LogP contribution in [0.25, 0.3) is 0 Å². The van der Waals surface area contributed by atoms with Crippen molar-refractivity contribution in [3.63, 3.8) is 0 Å². The highest BCUT2D eigenvalue weighted by Crippen LogP contribution is 2.11. The zero-order chi connectivity index (χ0) is 11.8. The number of carbonyl (C=O) groups excluding carboxylic acids is 2. The summed E-state index contributed by atoms with van der Waals surface area (Å²) in [5.74, 6) is -0.115. The van der Waals surface area contributed by atoms with Gasteiger partial charge in [-0.05, 0) is 19.3 Å². The third-order valence-electron chi connectivity index (χ3n) is 2.45. The molecule has 2 N–H and O–H groups in total. The molecule has 16 heavy (non-hydrogen) atoms. The SMILES string of the molecule is CCCNC(=O)CCNC(=O)[C@@H]1CCCO1. The van der Waals surface area contributed by atoms with Gasteiger partial charge in [0, 0.05) is 26.1 Å². The number of carbonyl (C=O) groups is 2. The molecule has 0 aliphatic carbocycles. The second-order valence-corrected chi connectivity index (χ2v) is 3.89. The van der Waals surface area contributed by atoms with Crippen molar-refractivity contribution >= 4 is 11.8 Å². The van der Waals surface area contributed by atoms with Crippen LogP contribution in [0.5, 0.6) is 0 Å². The van der Waals surface area contributed by atoms with E-state index in [-0.39, 0.29) is 17.9 Å². The Morgan fingerprint density at radius 1 is 1.31 bits per heavy atom. The number of hydrogen-bond donors (Lipinski definition) is 2. The zero-order valence-corrected chi connectivity index (χ0v) is 9.75. The van der Waals surface area contributed by atoms with Gasteiger partial charge in [-0.15, -0.1) is 0 Å². The van der Waals surface area contributed by atoms with E-state index in [0.717, 1.165) is 19.3 Å². The van der Waals surface area contributed by atoms with Gasteiger partial charge in [0.2, 0.25) is 11.8 Å². The molecule has 0 aromatic rings. The first-order chi connectivity index (χ1) is 7.74. The van der Waals surface area contributed by atoms with Crippen molar-refractivity contribution in [1.82, 2.24) is 10.6 Å². The van der Waals surface area contributed by atoms with Gasteiger partial charge in [0.1, 0.15) is 6.10 Å². The average Bonchev–Trinajstić information content (AvgIpc) is 2.79. The fraction of sp³-hybridized carbons (Fsp3) is 0.818. The number of amides is 2. The van der Waals surface area contributed by atoms with Crippen molar-refractivity contribution in [2.75, 3.05) is 19.7 Å². The third-order valence-corrected chi connectivity index (χ3v) is 2.45. The van der Waals surface area contributed by atoms with E-state index in [0.29, 0.717) is 26.1 Å². The molecule has 1 aliphatic heterocycles. The number of nitrogens with one attached hydrogen (secondary N) is 2. The molecule has 0 aromatic carbocycles. The molecule has 0 bridgehead atoms. The minimum absolute atomic E-state index is 0.0190. The molecule has 0 unspecified atom stereocenters. The third kappa shape index (κ3) is 4.61. The second-order valence-electron chi connectivity index (χ2n) is 3.89. The lowest BCUT2D eigenvalue weighted by Crippen LogP contribution is -2.36. The van der Waals surface area contributed by atoms with Crippen LogP contribution >= 0.6 is 0 Å². The molecule has 1 aliphatic rings. The van der Waals surface area contributed by atoms with Crippen LogP contribution in [0, 0.1) is 0 Å². The van der Waals surface area contributed by atoms with Gasteiger partial charge in [0.15, 0.2) is 0 Å². The summed E-state index contributed by atoms with van der Waals surface area (Å²) in [5.41, 5.74) is 0. The van der Waals surface area contributed by atoms with E-state index >= 15 is 0 Å². The lowest BCUT2D eigenvalue weighted by atomic mass is 10.2. The molecule has 92 valence electrons. The fourth-order valence-electron chi connectivity index (χ4n) is 1.55. The Labute approximate surface area is 95.9 Å². The summed E-state index contributed by atoms with van der Waals surface area (Å²) < 4.78 is 5.22. The maximum absolute atomic E-state index is 11.5. The van der Waals surface area contributed by atoms with E-state index in [1.165, 1.54) is 0 Å². The summed E-state index contributed by atoms with van der Waals surface area (Å²) in [5, 5.41) is 5.46. The van der Waals surface area contributed by atoms with Gasteiger partial charge in [0.05, 0.1) is 0 Å². The van der Waals surface area contributed by atoms with Gasteiger partial charge in [-0.3, -0.25) is 9.59 Å². The van der Waals surface area contributed by atoms with Crippen molar-refractivity contribution in [3.8, 4) is 0 Å². The predicted octanol–water partition coefficient (Wildman–Crippen LogP) is 0.198. The van der Waals surface area contributed by atoms with Crippen molar-refractivity contribution in [3.05, 3.63) is 0 Å². The summed E-state index contributed by atoms with van der Waals surface area (Å²) in [7, 11) is 0. The van der Waals surface area contributed by atoms with Crippen molar-refractivity contribution in [2.45, 2.75) is 38.7 Å². The molecule has 0 radical (unpaired) electrons. The molecule has 1 atom stereocenters.